The van der Waals surface area contributed by atoms with Gasteiger partial charge in [0.25, 0.3) is 0 Å². The molecule has 2 aromatic carbocycles. The Morgan fingerprint density at radius 1 is 1.09 bits per heavy atom. The maximum absolute atomic E-state index is 12.5. The molecule has 32 heavy (non-hydrogen) atoms. The van der Waals surface area contributed by atoms with E-state index in [-0.39, 0.29) is 17.1 Å². The summed E-state index contributed by atoms with van der Waals surface area (Å²) in [7, 11) is 2.94. The number of methoxy groups -OCH3 is 2. The molecule has 0 radical (unpaired) electrons. The van der Waals surface area contributed by atoms with Crippen molar-refractivity contribution in [1.82, 2.24) is 0 Å². The zero-order chi connectivity index (χ0) is 22.7. The fourth-order valence-electron chi connectivity index (χ4n) is 5.36. The molecular formula is C24H22O7S. The summed E-state index contributed by atoms with van der Waals surface area (Å²) in [5.41, 5.74) is -2.82. The molecule has 3 aromatic rings. The molecule has 0 amide bonds. The number of carboxylic acid groups (broad SMARTS) is 1. The van der Waals surface area contributed by atoms with Crippen LogP contribution in [0.2, 0.25) is 0 Å². The third-order valence-electron chi connectivity index (χ3n) is 6.61. The van der Waals surface area contributed by atoms with Crippen LogP contribution < -0.4 is 14.2 Å². The molecule has 2 heterocycles. The molecule has 0 saturated heterocycles. The number of aliphatic hydroxyl groups is 2. The first-order chi connectivity index (χ1) is 15.4. The molecule has 1 aromatic heterocycles. The highest BCUT2D eigenvalue weighted by molar-refractivity contribution is 7.10. The van der Waals surface area contributed by atoms with Crippen LogP contribution in [-0.4, -0.2) is 41.6 Å². The zero-order valence-electron chi connectivity index (χ0n) is 17.4. The number of benzene rings is 2. The van der Waals surface area contributed by atoms with E-state index in [1.54, 1.807) is 42.5 Å². The van der Waals surface area contributed by atoms with Crippen molar-refractivity contribution in [3.05, 3.63) is 76.0 Å². The van der Waals surface area contributed by atoms with Crippen molar-refractivity contribution < 1.29 is 34.3 Å². The van der Waals surface area contributed by atoms with Gasteiger partial charge in [-0.05, 0) is 17.0 Å². The Labute approximate surface area is 188 Å². The highest BCUT2D eigenvalue weighted by Crippen LogP contribution is 2.70. The monoisotopic (exact) mass is 454 g/mol. The molecule has 8 heteroatoms. The van der Waals surface area contributed by atoms with Crippen molar-refractivity contribution in [2.24, 2.45) is 5.92 Å². The molecule has 3 N–H and O–H groups in total. The van der Waals surface area contributed by atoms with Crippen LogP contribution in [-0.2, 0) is 16.0 Å². The number of rotatable bonds is 5. The Balaban J connectivity index is 1.88. The smallest absolute Gasteiger partial charge is 0.310 e. The van der Waals surface area contributed by atoms with Crippen molar-refractivity contribution in [2.75, 3.05) is 14.2 Å². The standard InChI is InChI=1S/C24H22O7S/c1-29-14-11-15(30-2)20-16(12-14)31-24(17-9-6-10-32-17)19(13-7-4-3-5-8-13)18(22(26)27)21(25)23(20,24)28/h3-12,18-19,21,25,28H,1-2H3,(H,26,27)/t18-,19-,21-,23+,24+/m1/s1. The topological polar surface area (TPSA) is 105 Å². The number of thiophene rings is 1. The normalized spacial score (nSPS) is 30.3. The van der Waals surface area contributed by atoms with Gasteiger partial charge in [-0.3, -0.25) is 4.79 Å². The SMILES string of the molecule is COc1cc(OC)c2c(c1)O[C@@]1(c3cccs3)[C@H](c3ccccc3)[C@@H](C(=O)O)[C@@H](O)[C@@]21O. The molecule has 1 aliphatic carbocycles. The summed E-state index contributed by atoms with van der Waals surface area (Å²) in [6.07, 6.45) is -1.67. The summed E-state index contributed by atoms with van der Waals surface area (Å²) in [5.74, 6) is -2.46. The molecule has 7 nitrogen and oxygen atoms in total. The first-order valence-electron chi connectivity index (χ1n) is 10.1. The first-order valence-corrected chi connectivity index (χ1v) is 11.0. The lowest BCUT2D eigenvalue weighted by Crippen LogP contribution is -2.51. The van der Waals surface area contributed by atoms with E-state index in [9.17, 15) is 20.1 Å². The van der Waals surface area contributed by atoms with Crippen molar-refractivity contribution in [1.29, 1.82) is 0 Å². The van der Waals surface area contributed by atoms with E-state index in [1.807, 2.05) is 17.5 Å². The van der Waals surface area contributed by atoms with Crippen molar-refractivity contribution in [3.8, 4) is 17.2 Å². The van der Waals surface area contributed by atoms with E-state index in [0.717, 1.165) is 0 Å². The zero-order valence-corrected chi connectivity index (χ0v) is 18.2. The van der Waals surface area contributed by atoms with Crippen LogP contribution >= 0.6 is 11.3 Å². The molecule has 5 rings (SSSR count). The maximum Gasteiger partial charge on any atom is 0.310 e. The second-order valence-corrected chi connectivity index (χ2v) is 8.93. The summed E-state index contributed by atoms with van der Waals surface area (Å²) < 4.78 is 17.5. The molecule has 1 aliphatic heterocycles. The fourth-order valence-corrected chi connectivity index (χ4v) is 6.32. The second kappa shape index (κ2) is 7.23. The summed E-state index contributed by atoms with van der Waals surface area (Å²) in [5, 5.41) is 35.8. The van der Waals surface area contributed by atoms with Crippen molar-refractivity contribution >= 4 is 17.3 Å². The molecule has 0 unspecified atom stereocenters. The molecular weight excluding hydrogens is 432 g/mol. The Morgan fingerprint density at radius 2 is 1.84 bits per heavy atom. The predicted octanol–water partition coefficient (Wildman–Crippen LogP) is 3.10. The largest absolute Gasteiger partial charge is 0.496 e. The Kier molecular flexibility index (Phi) is 4.70. The number of carbonyl (C=O) groups is 1. The Hall–Kier alpha value is -3.07. The van der Waals surface area contributed by atoms with Gasteiger partial charge >= 0.3 is 5.97 Å². The summed E-state index contributed by atoms with van der Waals surface area (Å²) in [4.78, 5) is 13.1. The van der Waals surface area contributed by atoms with Crippen LogP contribution in [0.5, 0.6) is 17.2 Å². The quantitative estimate of drug-likeness (QED) is 0.544. The van der Waals surface area contributed by atoms with E-state index >= 15 is 0 Å². The molecule has 1 saturated carbocycles. The number of ether oxygens (including phenoxy) is 3. The minimum absolute atomic E-state index is 0.214. The highest BCUT2D eigenvalue weighted by atomic mass is 32.1. The molecule has 0 spiro atoms. The van der Waals surface area contributed by atoms with Crippen molar-refractivity contribution in [3.63, 3.8) is 0 Å². The van der Waals surface area contributed by atoms with Crippen LogP contribution in [0.4, 0.5) is 0 Å². The minimum atomic E-state index is -2.09. The summed E-state index contributed by atoms with van der Waals surface area (Å²) in [6, 6.07) is 15.8. The maximum atomic E-state index is 12.5. The molecule has 2 aliphatic rings. The average Bonchev–Trinajstić information content (AvgIpc) is 3.47. The van der Waals surface area contributed by atoms with Gasteiger partial charge in [0, 0.05) is 18.1 Å². The van der Waals surface area contributed by atoms with E-state index in [2.05, 4.69) is 0 Å². The minimum Gasteiger partial charge on any atom is -0.496 e. The molecule has 0 bridgehead atoms. The number of hydrogen-bond acceptors (Lipinski definition) is 7. The van der Waals surface area contributed by atoms with Gasteiger partial charge in [0.1, 0.15) is 23.4 Å². The number of carboxylic acids is 1. The predicted molar refractivity (Wildman–Crippen MR) is 116 cm³/mol. The Bertz CT molecular complexity index is 1160. The summed E-state index contributed by atoms with van der Waals surface area (Å²) in [6.45, 7) is 0. The molecule has 166 valence electrons. The van der Waals surface area contributed by atoms with Gasteiger partial charge in [-0.15, -0.1) is 11.3 Å². The van der Waals surface area contributed by atoms with Gasteiger partial charge in [-0.25, -0.2) is 0 Å². The van der Waals surface area contributed by atoms with Gasteiger partial charge in [0.05, 0.1) is 30.6 Å². The average molecular weight is 455 g/mol. The van der Waals surface area contributed by atoms with Crippen molar-refractivity contribution in [2.45, 2.75) is 23.2 Å². The Morgan fingerprint density at radius 3 is 2.44 bits per heavy atom. The number of aliphatic hydroxyl groups excluding tert-OH is 1. The van der Waals surface area contributed by atoms with Gasteiger partial charge in [-0.1, -0.05) is 36.4 Å². The third kappa shape index (κ3) is 2.45. The van der Waals surface area contributed by atoms with E-state index < -0.39 is 35.1 Å². The lowest BCUT2D eigenvalue weighted by atomic mass is 9.73. The van der Waals surface area contributed by atoms with Crippen LogP contribution in [0.25, 0.3) is 0 Å². The second-order valence-electron chi connectivity index (χ2n) is 7.98. The lowest BCUT2D eigenvalue weighted by molar-refractivity contribution is -0.158. The molecule has 5 atom stereocenters. The molecule has 1 fully saturated rings. The third-order valence-corrected chi connectivity index (χ3v) is 7.60. The van der Waals surface area contributed by atoms with E-state index in [1.165, 1.54) is 25.6 Å². The number of fused-ring (bicyclic) bond motifs is 3. The van der Waals surface area contributed by atoms with Gasteiger partial charge in [-0.2, -0.15) is 0 Å². The first kappa shape index (κ1) is 20.8. The van der Waals surface area contributed by atoms with Crippen LogP contribution in [0.1, 0.15) is 21.9 Å². The van der Waals surface area contributed by atoms with Crippen LogP contribution in [0.15, 0.2) is 60.0 Å². The van der Waals surface area contributed by atoms with Crippen LogP contribution in [0.3, 0.4) is 0 Å². The van der Waals surface area contributed by atoms with Gasteiger partial charge in [0.15, 0.2) is 11.2 Å². The fraction of sp³-hybridized carbons (Fsp3) is 0.292. The lowest BCUT2D eigenvalue weighted by Gasteiger charge is -2.39. The van der Waals surface area contributed by atoms with Crippen LogP contribution in [0, 0.1) is 5.92 Å². The van der Waals surface area contributed by atoms with E-state index in [0.29, 0.717) is 16.2 Å². The van der Waals surface area contributed by atoms with Gasteiger partial charge in [0.2, 0.25) is 0 Å². The summed E-state index contributed by atoms with van der Waals surface area (Å²) >= 11 is 1.33. The van der Waals surface area contributed by atoms with Gasteiger partial charge < -0.3 is 29.5 Å². The number of hydrogen-bond donors (Lipinski definition) is 3. The number of aliphatic carboxylic acids is 1. The highest BCUT2D eigenvalue weighted by Gasteiger charge is 2.78. The van der Waals surface area contributed by atoms with E-state index in [4.69, 9.17) is 14.2 Å².